The predicted molar refractivity (Wildman–Crippen MR) is 90.2 cm³/mol. The highest BCUT2D eigenvalue weighted by atomic mass is 16.3. The molecule has 5 nitrogen and oxygen atoms in total. The van der Waals surface area contributed by atoms with Crippen molar-refractivity contribution in [3.8, 4) is 5.75 Å². The lowest BCUT2D eigenvalue weighted by molar-refractivity contribution is -0.115. The quantitative estimate of drug-likeness (QED) is 0.756. The van der Waals surface area contributed by atoms with Crippen molar-refractivity contribution in [1.82, 2.24) is 10.9 Å². The van der Waals surface area contributed by atoms with Gasteiger partial charge < -0.3 is 10.5 Å². The molecule has 0 bridgehead atoms. The zero-order valence-corrected chi connectivity index (χ0v) is 13.0. The molecule has 122 valence electrons. The van der Waals surface area contributed by atoms with Crippen LogP contribution in [0.1, 0.15) is 34.7 Å². The van der Waals surface area contributed by atoms with E-state index in [0.717, 1.165) is 5.56 Å². The Balaban J connectivity index is 1.66. The average molecular weight is 322 g/mol. The SMILES string of the molecule is O=C1C=C(NNC(=O)c2ccccc2O)C[C@H](c2ccccc2)C1. The second kappa shape index (κ2) is 7.00. The van der Waals surface area contributed by atoms with Gasteiger partial charge in [0.2, 0.25) is 0 Å². The molecule has 0 fully saturated rings. The van der Waals surface area contributed by atoms with Crippen LogP contribution in [0.25, 0.3) is 0 Å². The van der Waals surface area contributed by atoms with Gasteiger partial charge in [-0.2, -0.15) is 0 Å². The van der Waals surface area contributed by atoms with Crippen molar-refractivity contribution in [3.05, 3.63) is 77.5 Å². The summed E-state index contributed by atoms with van der Waals surface area (Å²) in [6, 6.07) is 16.1. The van der Waals surface area contributed by atoms with E-state index in [2.05, 4.69) is 10.9 Å². The number of hydrogen-bond donors (Lipinski definition) is 3. The van der Waals surface area contributed by atoms with E-state index in [4.69, 9.17) is 0 Å². The summed E-state index contributed by atoms with van der Waals surface area (Å²) in [5.74, 6) is -0.432. The lowest BCUT2D eigenvalue weighted by Gasteiger charge is -2.23. The summed E-state index contributed by atoms with van der Waals surface area (Å²) in [6.45, 7) is 0. The Labute approximate surface area is 140 Å². The third-order valence-electron chi connectivity index (χ3n) is 4.01. The van der Waals surface area contributed by atoms with Crippen LogP contribution in [0.2, 0.25) is 0 Å². The number of carbonyl (C=O) groups excluding carboxylic acids is 2. The number of para-hydroxylation sites is 1. The maximum atomic E-state index is 12.1. The Hall–Kier alpha value is -3.08. The molecule has 1 aliphatic rings. The normalized spacial score (nSPS) is 17.1. The topological polar surface area (TPSA) is 78.4 Å². The molecule has 0 saturated heterocycles. The Morgan fingerprint density at radius 1 is 1.00 bits per heavy atom. The molecule has 1 amide bonds. The maximum absolute atomic E-state index is 12.1. The number of carbonyl (C=O) groups is 2. The summed E-state index contributed by atoms with van der Waals surface area (Å²) in [6.07, 6.45) is 2.62. The van der Waals surface area contributed by atoms with E-state index in [9.17, 15) is 14.7 Å². The van der Waals surface area contributed by atoms with Gasteiger partial charge in [0, 0.05) is 18.2 Å². The van der Waals surface area contributed by atoms with Crippen LogP contribution in [-0.4, -0.2) is 16.8 Å². The van der Waals surface area contributed by atoms with Crippen molar-refractivity contribution in [1.29, 1.82) is 0 Å². The Morgan fingerprint density at radius 2 is 1.71 bits per heavy atom. The van der Waals surface area contributed by atoms with Crippen molar-refractivity contribution in [3.63, 3.8) is 0 Å². The summed E-state index contributed by atoms with van der Waals surface area (Å²) in [4.78, 5) is 24.1. The molecule has 1 aliphatic carbocycles. The van der Waals surface area contributed by atoms with Crippen LogP contribution in [0.3, 0.4) is 0 Å². The summed E-state index contributed by atoms with van der Waals surface area (Å²) in [7, 11) is 0. The van der Waals surface area contributed by atoms with Crippen LogP contribution in [0.4, 0.5) is 0 Å². The Morgan fingerprint density at radius 3 is 2.46 bits per heavy atom. The van der Waals surface area contributed by atoms with Crippen LogP contribution in [-0.2, 0) is 4.79 Å². The van der Waals surface area contributed by atoms with E-state index >= 15 is 0 Å². The smallest absolute Gasteiger partial charge is 0.273 e. The number of phenolic OH excluding ortho intramolecular Hbond substituents is 1. The monoisotopic (exact) mass is 322 g/mol. The minimum atomic E-state index is -0.455. The largest absolute Gasteiger partial charge is 0.507 e. The number of hydrogen-bond acceptors (Lipinski definition) is 4. The van der Waals surface area contributed by atoms with Crippen LogP contribution in [0.5, 0.6) is 5.75 Å². The van der Waals surface area contributed by atoms with Gasteiger partial charge in [-0.25, -0.2) is 0 Å². The molecule has 0 spiro atoms. The molecule has 0 aliphatic heterocycles. The van der Waals surface area contributed by atoms with E-state index < -0.39 is 5.91 Å². The van der Waals surface area contributed by atoms with Crippen molar-refractivity contribution in [2.45, 2.75) is 18.8 Å². The van der Waals surface area contributed by atoms with Gasteiger partial charge in [0.05, 0.1) is 5.56 Å². The highest BCUT2D eigenvalue weighted by molar-refractivity contribution is 5.96. The van der Waals surface area contributed by atoms with Gasteiger partial charge in [-0.15, -0.1) is 0 Å². The highest BCUT2D eigenvalue weighted by Gasteiger charge is 2.22. The number of ketones is 1. The number of amides is 1. The molecule has 3 N–H and O–H groups in total. The van der Waals surface area contributed by atoms with E-state index in [-0.39, 0.29) is 23.0 Å². The predicted octanol–water partition coefficient (Wildman–Crippen LogP) is 2.66. The van der Waals surface area contributed by atoms with Gasteiger partial charge in [0.1, 0.15) is 5.75 Å². The highest BCUT2D eigenvalue weighted by Crippen LogP contribution is 2.30. The van der Waals surface area contributed by atoms with Gasteiger partial charge in [0.25, 0.3) is 5.91 Å². The van der Waals surface area contributed by atoms with Gasteiger partial charge in [-0.3, -0.25) is 15.0 Å². The minimum Gasteiger partial charge on any atom is -0.507 e. The van der Waals surface area contributed by atoms with Crippen LogP contribution in [0, 0.1) is 0 Å². The molecule has 0 unspecified atom stereocenters. The molecule has 2 aromatic rings. The second-order valence-electron chi connectivity index (χ2n) is 5.75. The Bertz CT molecular complexity index is 784. The number of nitrogens with one attached hydrogen (secondary N) is 2. The molecular formula is C19H18N2O3. The molecule has 0 radical (unpaired) electrons. The summed E-state index contributed by atoms with van der Waals surface area (Å²) < 4.78 is 0. The first kappa shape index (κ1) is 15.8. The number of benzene rings is 2. The number of allylic oxidation sites excluding steroid dienone is 2. The molecule has 5 heteroatoms. The zero-order chi connectivity index (χ0) is 16.9. The Kier molecular flexibility index (Phi) is 4.61. The van der Waals surface area contributed by atoms with E-state index in [1.165, 1.54) is 18.2 Å². The number of aromatic hydroxyl groups is 1. The van der Waals surface area contributed by atoms with Crippen molar-refractivity contribution in [2.75, 3.05) is 0 Å². The standard InChI is InChI=1S/C19H18N2O3/c22-16-11-14(13-6-2-1-3-7-13)10-15(12-16)20-21-19(24)17-8-4-5-9-18(17)23/h1-9,12,14,20,23H,10-11H2,(H,21,24)/t14-/m0/s1. The second-order valence-corrected chi connectivity index (χ2v) is 5.75. The first-order valence-electron chi connectivity index (χ1n) is 7.76. The number of hydrazine groups is 1. The van der Waals surface area contributed by atoms with Gasteiger partial charge in [-0.05, 0) is 30.0 Å². The molecule has 0 aromatic heterocycles. The molecular weight excluding hydrogens is 304 g/mol. The minimum absolute atomic E-state index is 0.0226. The molecule has 0 saturated carbocycles. The molecule has 0 heterocycles. The summed E-state index contributed by atoms with van der Waals surface area (Å²) in [5, 5.41) is 9.69. The number of phenols is 1. The maximum Gasteiger partial charge on any atom is 0.273 e. The van der Waals surface area contributed by atoms with E-state index in [1.54, 1.807) is 12.1 Å². The van der Waals surface area contributed by atoms with Crippen LogP contribution >= 0.6 is 0 Å². The van der Waals surface area contributed by atoms with E-state index in [0.29, 0.717) is 18.5 Å². The zero-order valence-electron chi connectivity index (χ0n) is 13.0. The van der Waals surface area contributed by atoms with Crippen molar-refractivity contribution < 1.29 is 14.7 Å². The molecule has 3 rings (SSSR count). The van der Waals surface area contributed by atoms with Crippen molar-refractivity contribution >= 4 is 11.7 Å². The molecule has 24 heavy (non-hydrogen) atoms. The van der Waals surface area contributed by atoms with Gasteiger partial charge >= 0.3 is 0 Å². The third-order valence-corrected chi connectivity index (χ3v) is 4.01. The molecule has 2 aromatic carbocycles. The summed E-state index contributed by atoms with van der Waals surface area (Å²) >= 11 is 0. The van der Waals surface area contributed by atoms with Gasteiger partial charge in [-0.1, -0.05) is 42.5 Å². The fourth-order valence-corrected chi connectivity index (χ4v) is 2.81. The van der Waals surface area contributed by atoms with Crippen molar-refractivity contribution in [2.24, 2.45) is 0 Å². The molecule has 1 atom stereocenters. The number of rotatable bonds is 4. The van der Waals surface area contributed by atoms with Crippen LogP contribution in [0.15, 0.2) is 66.4 Å². The fourth-order valence-electron chi connectivity index (χ4n) is 2.81. The van der Waals surface area contributed by atoms with E-state index in [1.807, 2.05) is 30.3 Å². The lowest BCUT2D eigenvalue weighted by Crippen LogP contribution is -2.38. The van der Waals surface area contributed by atoms with Crippen LogP contribution < -0.4 is 10.9 Å². The lowest BCUT2D eigenvalue weighted by atomic mass is 9.86. The summed E-state index contributed by atoms with van der Waals surface area (Å²) in [5.41, 5.74) is 7.27. The van der Waals surface area contributed by atoms with Gasteiger partial charge in [0.15, 0.2) is 5.78 Å². The first-order chi connectivity index (χ1) is 11.6. The first-order valence-corrected chi connectivity index (χ1v) is 7.76. The fraction of sp³-hybridized carbons (Fsp3) is 0.158. The average Bonchev–Trinajstić information content (AvgIpc) is 2.60. The third kappa shape index (κ3) is 3.63.